The first kappa shape index (κ1) is 15.1. The predicted molar refractivity (Wildman–Crippen MR) is 90.1 cm³/mol. The zero-order valence-corrected chi connectivity index (χ0v) is 13.7. The molecule has 0 amide bonds. The fourth-order valence-corrected chi connectivity index (χ4v) is 3.80. The Morgan fingerprint density at radius 1 is 1.36 bits per heavy atom. The topological polar surface area (TPSA) is 48.8 Å². The largest absolute Gasteiger partial charge is 0.495 e. The van der Waals surface area contributed by atoms with Crippen molar-refractivity contribution in [3.05, 3.63) is 35.3 Å². The summed E-state index contributed by atoms with van der Waals surface area (Å²) in [6.07, 6.45) is 0. The molecule has 0 saturated carbocycles. The van der Waals surface area contributed by atoms with Gasteiger partial charge in [-0.1, -0.05) is 12.1 Å². The van der Waals surface area contributed by atoms with E-state index in [1.165, 1.54) is 0 Å². The number of rotatable bonds is 4. The molecule has 5 nitrogen and oxygen atoms in total. The van der Waals surface area contributed by atoms with Crippen LogP contribution in [0, 0.1) is 0 Å². The number of nitrogens with zero attached hydrogens (tertiary/aromatic N) is 3. The van der Waals surface area contributed by atoms with Gasteiger partial charge in [-0.25, -0.2) is 4.98 Å². The van der Waals surface area contributed by atoms with Crippen molar-refractivity contribution in [2.75, 3.05) is 36.5 Å². The normalized spacial score (nSPS) is 18.6. The first-order chi connectivity index (χ1) is 10.7. The zero-order chi connectivity index (χ0) is 15.5. The summed E-state index contributed by atoms with van der Waals surface area (Å²) in [6.45, 7) is 4.98. The van der Waals surface area contributed by atoms with E-state index in [0.717, 1.165) is 41.9 Å². The molecule has 0 radical (unpaired) electrons. The molecule has 1 aliphatic heterocycles. The van der Waals surface area contributed by atoms with Gasteiger partial charge in [-0.3, -0.25) is 0 Å². The molecule has 22 heavy (non-hydrogen) atoms. The molecule has 0 aliphatic carbocycles. The first-order valence-electron chi connectivity index (χ1n) is 7.42. The van der Waals surface area contributed by atoms with E-state index in [-0.39, 0.29) is 6.61 Å². The number of anilines is 2. The lowest BCUT2D eigenvalue weighted by molar-refractivity contribution is 0.277. The molecule has 0 unspecified atom stereocenters. The third-order valence-corrected chi connectivity index (χ3v) is 4.93. The molecule has 2 aromatic rings. The summed E-state index contributed by atoms with van der Waals surface area (Å²) >= 11 is 1.60. The average Bonchev–Trinajstić information content (AvgIpc) is 3.03. The molecule has 1 aromatic heterocycles. The maximum atomic E-state index is 9.17. The van der Waals surface area contributed by atoms with Gasteiger partial charge < -0.3 is 19.6 Å². The second-order valence-corrected chi connectivity index (χ2v) is 6.28. The van der Waals surface area contributed by atoms with Gasteiger partial charge in [-0.15, -0.1) is 11.3 Å². The van der Waals surface area contributed by atoms with Crippen LogP contribution in [0.2, 0.25) is 0 Å². The monoisotopic (exact) mass is 319 g/mol. The summed E-state index contributed by atoms with van der Waals surface area (Å²) in [6, 6.07) is 8.50. The Bertz CT molecular complexity index is 631. The minimum atomic E-state index is 0.00601. The molecule has 1 atom stereocenters. The van der Waals surface area contributed by atoms with Gasteiger partial charge in [-0.2, -0.15) is 0 Å². The first-order valence-corrected chi connectivity index (χ1v) is 8.30. The average molecular weight is 319 g/mol. The van der Waals surface area contributed by atoms with Gasteiger partial charge in [0.05, 0.1) is 25.1 Å². The number of hydrogen-bond acceptors (Lipinski definition) is 6. The van der Waals surface area contributed by atoms with Crippen LogP contribution in [0.3, 0.4) is 0 Å². The van der Waals surface area contributed by atoms with E-state index in [4.69, 9.17) is 9.84 Å². The van der Waals surface area contributed by atoms with Gasteiger partial charge in [0.15, 0.2) is 5.13 Å². The molecule has 6 heteroatoms. The van der Waals surface area contributed by atoms with E-state index in [1.807, 2.05) is 23.6 Å². The summed E-state index contributed by atoms with van der Waals surface area (Å²) < 4.78 is 5.47. The Hall–Kier alpha value is -1.79. The van der Waals surface area contributed by atoms with Crippen LogP contribution in [0.5, 0.6) is 5.75 Å². The molecule has 0 spiro atoms. The Morgan fingerprint density at radius 3 is 2.86 bits per heavy atom. The van der Waals surface area contributed by atoms with Gasteiger partial charge in [0.2, 0.25) is 0 Å². The maximum Gasteiger partial charge on any atom is 0.185 e. The molecule has 1 N–H and O–H groups in total. The number of methoxy groups -OCH3 is 1. The number of para-hydroxylation sites is 2. The molecule has 0 bridgehead atoms. The number of benzene rings is 1. The van der Waals surface area contributed by atoms with Crippen LogP contribution in [-0.4, -0.2) is 42.9 Å². The van der Waals surface area contributed by atoms with Crippen molar-refractivity contribution < 1.29 is 9.84 Å². The van der Waals surface area contributed by atoms with Crippen molar-refractivity contribution >= 4 is 22.2 Å². The van der Waals surface area contributed by atoms with Crippen LogP contribution in [0.1, 0.15) is 12.6 Å². The molecule has 118 valence electrons. The highest BCUT2D eigenvalue weighted by molar-refractivity contribution is 7.13. The molecule has 2 heterocycles. The third kappa shape index (κ3) is 2.89. The summed E-state index contributed by atoms with van der Waals surface area (Å²) in [4.78, 5) is 9.16. The lowest BCUT2D eigenvalue weighted by atomic mass is 10.1. The standard InChI is InChI=1S/C16H21N3O2S/c1-12-9-18(14-5-3-4-6-15(14)21-2)7-8-19(12)16-17-13(10-20)11-22-16/h3-6,11-12,20H,7-10H2,1-2H3/t12-/m0/s1. The summed E-state index contributed by atoms with van der Waals surface area (Å²) in [7, 11) is 1.71. The molecule has 3 rings (SSSR count). The molecule has 1 fully saturated rings. The SMILES string of the molecule is COc1ccccc1N1CCN(c2nc(CO)cs2)[C@@H](C)C1. The number of thiazole rings is 1. The number of aromatic nitrogens is 1. The summed E-state index contributed by atoms with van der Waals surface area (Å²) in [5.74, 6) is 0.917. The lowest BCUT2D eigenvalue weighted by Gasteiger charge is -2.41. The zero-order valence-electron chi connectivity index (χ0n) is 12.9. The van der Waals surface area contributed by atoms with Crippen LogP contribution >= 0.6 is 11.3 Å². The van der Waals surface area contributed by atoms with Crippen molar-refractivity contribution in [3.63, 3.8) is 0 Å². The van der Waals surface area contributed by atoms with Crippen molar-refractivity contribution in [3.8, 4) is 5.75 Å². The van der Waals surface area contributed by atoms with Crippen LogP contribution < -0.4 is 14.5 Å². The van der Waals surface area contributed by atoms with Crippen molar-refractivity contribution in [1.82, 2.24) is 4.98 Å². The Kier molecular flexibility index (Phi) is 4.49. The highest BCUT2D eigenvalue weighted by Gasteiger charge is 2.27. The van der Waals surface area contributed by atoms with Crippen LogP contribution in [-0.2, 0) is 6.61 Å². The Balaban J connectivity index is 1.74. The molecule has 1 saturated heterocycles. The van der Waals surface area contributed by atoms with E-state index in [0.29, 0.717) is 6.04 Å². The number of hydrogen-bond donors (Lipinski definition) is 1. The quantitative estimate of drug-likeness (QED) is 0.937. The van der Waals surface area contributed by atoms with Crippen molar-refractivity contribution in [2.45, 2.75) is 19.6 Å². The lowest BCUT2D eigenvalue weighted by Crippen LogP contribution is -2.52. The third-order valence-electron chi connectivity index (χ3n) is 4.00. The fourth-order valence-electron chi connectivity index (χ4n) is 2.85. The second kappa shape index (κ2) is 6.54. The van der Waals surface area contributed by atoms with E-state index < -0.39 is 0 Å². The van der Waals surface area contributed by atoms with Gasteiger partial charge in [-0.05, 0) is 19.1 Å². The van der Waals surface area contributed by atoms with E-state index in [1.54, 1.807) is 18.4 Å². The minimum absolute atomic E-state index is 0.00601. The van der Waals surface area contributed by atoms with Crippen LogP contribution in [0.4, 0.5) is 10.8 Å². The van der Waals surface area contributed by atoms with Crippen LogP contribution in [0.25, 0.3) is 0 Å². The predicted octanol–water partition coefficient (Wildman–Crippen LogP) is 2.36. The summed E-state index contributed by atoms with van der Waals surface area (Å²) in [5, 5.41) is 12.1. The fraction of sp³-hybridized carbons (Fsp3) is 0.438. The number of aliphatic hydroxyl groups excluding tert-OH is 1. The number of aliphatic hydroxyl groups is 1. The van der Waals surface area contributed by atoms with Crippen molar-refractivity contribution in [2.24, 2.45) is 0 Å². The van der Waals surface area contributed by atoms with Gasteiger partial charge in [0.25, 0.3) is 0 Å². The van der Waals surface area contributed by atoms with E-state index >= 15 is 0 Å². The summed E-state index contributed by atoms with van der Waals surface area (Å²) in [5.41, 5.74) is 1.89. The van der Waals surface area contributed by atoms with Gasteiger partial charge in [0, 0.05) is 31.1 Å². The smallest absolute Gasteiger partial charge is 0.185 e. The van der Waals surface area contributed by atoms with E-state index in [2.05, 4.69) is 27.8 Å². The van der Waals surface area contributed by atoms with Crippen molar-refractivity contribution in [1.29, 1.82) is 0 Å². The van der Waals surface area contributed by atoms with E-state index in [9.17, 15) is 0 Å². The Morgan fingerprint density at radius 2 is 2.18 bits per heavy atom. The minimum Gasteiger partial charge on any atom is -0.495 e. The number of piperazine rings is 1. The molecule has 1 aliphatic rings. The highest BCUT2D eigenvalue weighted by Crippen LogP contribution is 2.31. The van der Waals surface area contributed by atoms with Gasteiger partial charge >= 0.3 is 0 Å². The van der Waals surface area contributed by atoms with Crippen LogP contribution in [0.15, 0.2) is 29.6 Å². The Labute approximate surface area is 134 Å². The molecular formula is C16H21N3O2S. The van der Waals surface area contributed by atoms with Gasteiger partial charge in [0.1, 0.15) is 5.75 Å². The number of ether oxygens (including phenoxy) is 1. The molecule has 1 aromatic carbocycles. The highest BCUT2D eigenvalue weighted by atomic mass is 32.1. The maximum absolute atomic E-state index is 9.17. The second-order valence-electron chi connectivity index (χ2n) is 5.44. The molecular weight excluding hydrogens is 298 g/mol.